The summed E-state index contributed by atoms with van der Waals surface area (Å²) in [6.07, 6.45) is 3.47. The van der Waals surface area contributed by atoms with Crippen molar-refractivity contribution in [3.8, 4) is 23.0 Å². The molecule has 9 rings (SSSR count). The Labute approximate surface area is 383 Å². The number of benzene rings is 6. The molecule has 276 valence electrons. The number of ether oxygens (including phenoxy) is 2. The zero-order valence-electron chi connectivity index (χ0n) is 30.5. The Kier molecular flexibility index (Phi) is 16.2. The molecule has 3 heterocycles. The fourth-order valence-electron chi connectivity index (χ4n) is 6.37. The monoisotopic (exact) mass is 994 g/mol. The molecule has 6 aromatic carbocycles. The third-order valence-corrected chi connectivity index (χ3v) is 9.73. The Morgan fingerprint density at radius 2 is 1.19 bits per heavy atom. The van der Waals surface area contributed by atoms with Crippen LogP contribution >= 0.6 is 31.9 Å². The van der Waals surface area contributed by atoms with Crippen molar-refractivity contribution >= 4 is 60.7 Å². The molecular formula is C48H33Br2IMgN2O3. The van der Waals surface area contributed by atoms with Crippen molar-refractivity contribution in [2.24, 2.45) is 0 Å². The van der Waals surface area contributed by atoms with Gasteiger partial charge in [0.05, 0.1) is 11.1 Å². The molecule has 0 saturated heterocycles. The van der Waals surface area contributed by atoms with E-state index < -0.39 is 5.41 Å². The minimum absolute atomic E-state index is 0. The van der Waals surface area contributed by atoms with Crippen LogP contribution in [0.4, 0.5) is 0 Å². The maximum atomic E-state index is 11.9. The summed E-state index contributed by atoms with van der Waals surface area (Å²) in [7, 11) is 0. The first-order valence-electron chi connectivity index (χ1n) is 17.5. The number of fused-ring (bicyclic) bond motifs is 2. The average molecular weight is 997 g/mol. The Balaban J connectivity index is 0.000000176. The van der Waals surface area contributed by atoms with E-state index >= 15 is 0 Å². The molecule has 8 aromatic rings. The maximum Gasteiger partial charge on any atom is 2.00 e. The van der Waals surface area contributed by atoms with Crippen molar-refractivity contribution in [1.82, 2.24) is 9.97 Å². The molecular weight excluding hydrogens is 964 g/mol. The number of pyridine rings is 2. The standard InChI is InChI=1S/C24H16BrNO.C12H8BrNO.C12H9O.HI.Mg/c25-18-9-7-8-17(16-18)24(23-14-5-6-15-26-23)19-10-1-3-12-21(19)27-22-13-4-2-11-20(22)24;13-10-5-3-4-9(8-10)12(15)11-6-1-2-7-14-11;1-3-7-11(8-4-1)13-12-9-5-2-6-10-12;;/h1-16H;1-8H;1-9H;1H;/q;;-1;;+2/p-1. The summed E-state index contributed by atoms with van der Waals surface area (Å²) in [6.45, 7) is 0. The number of carbonyl (C=O) groups excluding carboxylic acids is 1. The van der Waals surface area contributed by atoms with Crippen molar-refractivity contribution in [3.63, 3.8) is 0 Å². The first-order chi connectivity index (χ1) is 27.0. The van der Waals surface area contributed by atoms with Gasteiger partial charge in [-0.15, -0.1) is 12.1 Å². The molecule has 0 spiro atoms. The van der Waals surface area contributed by atoms with Crippen LogP contribution in [0.5, 0.6) is 23.0 Å². The molecule has 0 radical (unpaired) electrons. The Hall–Kier alpha value is -4.65. The predicted octanol–water partition coefficient (Wildman–Crippen LogP) is 9.31. The van der Waals surface area contributed by atoms with E-state index in [0.29, 0.717) is 11.3 Å². The van der Waals surface area contributed by atoms with Gasteiger partial charge in [0.15, 0.2) is 0 Å². The van der Waals surface area contributed by atoms with Crippen LogP contribution in [0.2, 0.25) is 0 Å². The fraction of sp³-hybridized carbons (Fsp3) is 0.0208. The van der Waals surface area contributed by atoms with Gasteiger partial charge in [-0.2, -0.15) is 18.2 Å². The van der Waals surface area contributed by atoms with Crippen LogP contribution in [-0.4, -0.2) is 38.8 Å². The summed E-state index contributed by atoms with van der Waals surface area (Å²) in [5.41, 5.74) is 4.89. The zero-order valence-corrected chi connectivity index (χ0v) is 37.3. The van der Waals surface area contributed by atoms with Crippen molar-refractivity contribution in [1.29, 1.82) is 0 Å². The number of hydrogen-bond donors (Lipinski definition) is 0. The molecule has 57 heavy (non-hydrogen) atoms. The number of rotatable bonds is 6. The number of aromatic nitrogens is 2. The molecule has 9 heteroatoms. The third-order valence-electron chi connectivity index (χ3n) is 8.74. The second kappa shape index (κ2) is 21.2. The number of halogens is 3. The Bertz CT molecular complexity index is 2410. The maximum absolute atomic E-state index is 11.9. The first-order valence-corrected chi connectivity index (χ1v) is 19.1. The molecule has 2 aromatic heterocycles. The van der Waals surface area contributed by atoms with Gasteiger partial charge in [-0.1, -0.05) is 123 Å². The summed E-state index contributed by atoms with van der Waals surface area (Å²) in [6, 6.07) is 63.9. The van der Waals surface area contributed by atoms with Crippen LogP contribution < -0.4 is 33.5 Å². The first kappa shape index (κ1) is 43.5. The summed E-state index contributed by atoms with van der Waals surface area (Å²) >= 11 is 6.98. The van der Waals surface area contributed by atoms with E-state index in [2.05, 4.69) is 91.4 Å². The zero-order chi connectivity index (χ0) is 37.9. The van der Waals surface area contributed by atoms with Crippen molar-refractivity contribution < 1.29 is 38.2 Å². The number of para-hydroxylation sites is 4. The van der Waals surface area contributed by atoms with Gasteiger partial charge >= 0.3 is 23.1 Å². The SMILES string of the molecule is Brc1cccc(C2(c3ccccn3)c3ccccc3Oc3ccccc32)c1.O=C(c1cccc(Br)c1)c1ccccn1.[I-].[Mg+2].[c-]1ccccc1Oc1ccccc1. The fourth-order valence-corrected chi connectivity index (χ4v) is 7.16. The van der Waals surface area contributed by atoms with Crippen LogP contribution in [0.1, 0.15) is 38.4 Å². The quantitative estimate of drug-likeness (QED) is 0.0720. The van der Waals surface area contributed by atoms with Gasteiger partial charge in [-0.25, -0.2) is 0 Å². The summed E-state index contributed by atoms with van der Waals surface area (Å²) < 4.78 is 13.7. The van der Waals surface area contributed by atoms with Gasteiger partial charge in [0.25, 0.3) is 0 Å². The van der Waals surface area contributed by atoms with Crippen LogP contribution in [0.15, 0.2) is 209 Å². The second-order valence-electron chi connectivity index (χ2n) is 12.3. The van der Waals surface area contributed by atoms with Gasteiger partial charge in [-0.3, -0.25) is 14.8 Å². The van der Waals surface area contributed by atoms with Crippen LogP contribution in [-0.2, 0) is 5.41 Å². The molecule has 0 fully saturated rings. The summed E-state index contributed by atoms with van der Waals surface area (Å²) in [5, 5.41) is 0. The molecule has 0 unspecified atom stereocenters. The van der Waals surface area contributed by atoms with Crippen molar-refractivity contribution in [2.75, 3.05) is 0 Å². The minimum atomic E-state index is -0.545. The van der Waals surface area contributed by atoms with E-state index in [1.807, 2.05) is 115 Å². The van der Waals surface area contributed by atoms with Gasteiger partial charge in [0, 0.05) is 43.8 Å². The Morgan fingerprint density at radius 3 is 1.79 bits per heavy atom. The van der Waals surface area contributed by atoms with Crippen molar-refractivity contribution in [2.45, 2.75) is 5.41 Å². The summed E-state index contributed by atoms with van der Waals surface area (Å²) in [5.74, 6) is 3.25. The van der Waals surface area contributed by atoms with Crippen LogP contribution in [0, 0.1) is 6.07 Å². The number of hydrogen-bond acceptors (Lipinski definition) is 5. The van der Waals surface area contributed by atoms with Gasteiger partial charge in [0.1, 0.15) is 22.9 Å². The van der Waals surface area contributed by atoms with E-state index in [-0.39, 0.29) is 52.8 Å². The summed E-state index contributed by atoms with van der Waals surface area (Å²) in [4.78, 5) is 20.7. The minimum Gasteiger partial charge on any atom is -1.00 e. The molecule has 0 N–H and O–H groups in total. The molecule has 0 bridgehead atoms. The average Bonchev–Trinajstić information content (AvgIpc) is 3.24. The largest absolute Gasteiger partial charge is 2.00 e. The number of nitrogens with zero attached hydrogens (tertiary/aromatic N) is 2. The normalized spacial score (nSPS) is 11.4. The number of ketones is 1. The van der Waals surface area contributed by atoms with E-state index in [0.717, 1.165) is 54.3 Å². The molecule has 0 atom stereocenters. The smallest absolute Gasteiger partial charge is 1.00 e. The van der Waals surface area contributed by atoms with Crippen LogP contribution in [0.25, 0.3) is 0 Å². The van der Waals surface area contributed by atoms with Crippen molar-refractivity contribution in [3.05, 3.63) is 249 Å². The molecule has 0 saturated carbocycles. The van der Waals surface area contributed by atoms with Gasteiger partial charge < -0.3 is 33.5 Å². The van der Waals surface area contributed by atoms with Crippen LogP contribution in [0.3, 0.4) is 0 Å². The molecule has 1 aliphatic heterocycles. The Morgan fingerprint density at radius 1 is 0.596 bits per heavy atom. The molecule has 0 amide bonds. The van der Waals surface area contributed by atoms with Gasteiger partial charge in [0.2, 0.25) is 5.78 Å². The van der Waals surface area contributed by atoms with E-state index in [1.165, 1.54) is 0 Å². The predicted molar refractivity (Wildman–Crippen MR) is 230 cm³/mol. The molecule has 5 nitrogen and oxygen atoms in total. The topological polar surface area (TPSA) is 61.3 Å². The molecule has 1 aliphatic rings. The van der Waals surface area contributed by atoms with E-state index in [9.17, 15) is 4.79 Å². The van der Waals surface area contributed by atoms with E-state index in [1.54, 1.807) is 36.5 Å². The second-order valence-corrected chi connectivity index (χ2v) is 14.1. The molecule has 0 aliphatic carbocycles. The van der Waals surface area contributed by atoms with E-state index in [4.69, 9.17) is 14.5 Å². The third kappa shape index (κ3) is 10.5. The number of carbonyl (C=O) groups is 1. The van der Waals surface area contributed by atoms with Gasteiger partial charge in [-0.05, 0) is 78.4 Å².